The fraction of sp³-hybridized carbons (Fsp3) is 0.556. The Balaban J connectivity index is 2.94. The Bertz CT molecular complexity index is 731. The van der Waals surface area contributed by atoms with Crippen molar-refractivity contribution in [1.29, 1.82) is 0 Å². The standard InChI is InChI=1S/C18H28N2O6S/c1-6-19-17(21)13(4)26-18(22)16(11-12(2)3)20-27(23,24)15-9-7-14(25-5)8-10-15/h7-10,12-13,16,20H,6,11H2,1-5H3,(H,19,21)/t13-,16+/m0/s1. The molecular weight excluding hydrogens is 372 g/mol. The molecule has 0 heterocycles. The molecule has 1 rings (SSSR count). The van der Waals surface area contributed by atoms with E-state index in [1.54, 1.807) is 6.92 Å². The first-order valence-electron chi connectivity index (χ1n) is 8.75. The van der Waals surface area contributed by atoms with Crippen LogP contribution in [0.25, 0.3) is 0 Å². The van der Waals surface area contributed by atoms with Crippen molar-refractivity contribution < 1.29 is 27.5 Å². The van der Waals surface area contributed by atoms with E-state index in [-0.39, 0.29) is 17.2 Å². The summed E-state index contributed by atoms with van der Waals surface area (Å²) in [6, 6.07) is 4.70. The lowest BCUT2D eigenvalue weighted by Crippen LogP contribution is -2.45. The molecule has 0 radical (unpaired) electrons. The first kappa shape index (κ1) is 22.9. The number of carbonyl (C=O) groups excluding carboxylic acids is 2. The Morgan fingerprint density at radius 1 is 1.11 bits per heavy atom. The summed E-state index contributed by atoms with van der Waals surface area (Å²) < 4.78 is 37.8. The highest BCUT2D eigenvalue weighted by molar-refractivity contribution is 7.89. The number of hydrogen-bond donors (Lipinski definition) is 2. The third-order valence-electron chi connectivity index (χ3n) is 3.67. The fourth-order valence-corrected chi connectivity index (χ4v) is 3.50. The fourth-order valence-electron chi connectivity index (χ4n) is 2.30. The van der Waals surface area contributed by atoms with E-state index in [2.05, 4.69) is 10.0 Å². The maximum atomic E-state index is 12.6. The molecule has 0 spiro atoms. The van der Waals surface area contributed by atoms with Crippen LogP contribution in [0.4, 0.5) is 0 Å². The van der Waals surface area contributed by atoms with Crippen LogP contribution < -0.4 is 14.8 Å². The van der Waals surface area contributed by atoms with Crippen LogP contribution in [0.1, 0.15) is 34.1 Å². The summed E-state index contributed by atoms with van der Waals surface area (Å²) in [6.07, 6.45) is -0.784. The predicted molar refractivity (Wildman–Crippen MR) is 101 cm³/mol. The van der Waals surface area contributed by atoms with E-state index in [4.69, 9.17) is 9.47 Å². The maximum absolute atomic E-state index is 12.6. The van der Waals surface area contributed by atoms with E-state index in [1.807, 2.05) is 13.8 Å². The molecule has 1 amide bonds. The van der Waals surface area contributed by atoms with E-state index in [9.17, 15) is 18.0 Å². The first-order chi connectivity index (χ1) is 12.6. The van der Waals surface area contributed by atoms with Crippen LogP contribution in [-0.4, -0.2) is 46.1 Å². The molecule has 1 aromatic rings. The summed E-state index contributed by atoms with van der Waals surface area (Å²) in [5, 5.41) is 2.55. The van der Waals surface area contributed by atoms with Gasteiger partial charge in [0.1, 0.15) is 11.8 Å². The van der Waals surface area contributed by atoms with Crippen LogP contribution in [0.5, 0.6) is 5.75 Å². The molecule has 27 heavy (non-hydrogen) atoms. The quantitative estimate of drug-likeness (QED) is 0.575. The predicted octanol–water partition coefficient (Wildman–Crippen LogP) is 1.46. The second-order valence-corrected chi connectivity index (χ2v) is 8.17. The van der Waals surface area contributed by atoms with Crippen LogP contribution in [0.3, 0.4) is 0 Å². The van der Waals surface area contributed by atoms with E-state index in [0.717, 1.165) is 0 Å². The lowest BCUT2D eigenvalue weighted by atomic mass is 10.0. The van der Waals surface area contributed by atoms with Crippen molar-refractivity contribution >= 4 is 21.9 Å². The number of hydrogen-bond acceptors (Lipinski definition) is 6. The van der Waals surface area contributed by atoms with E-state index >= 15 is 0 Å². The minimum Gasteiger partial charge on any atom is -0.497 e. The molecule has 152 valence electrons. The van der Waals surface area contributed by atoms with Crippen molar-refractivity contribution in [2.24, 2.45) is 5.92 Å². The van der Waals surface area contributed by atoms with Crippen LogP contribution in [0.15, 0.2) is 29.2 Å². The van der Waals surface area contributed by atoms with Gasteiger partial charge in [0.2, 0.25) is 10.0 Å². The number of esters is 1. The van der Waals surface area contributed by atoms with Crippen LogP contribution >= 0.6 is 0 Å². The van der Waals surface area contributed by atoms with E-state index in [1.165, 1.54) is 38.3 Å². The summed E-state index contributed by atoms with van der Waals surface area (Å²) >= 11 is 0. The molecule has 0 saturated heterocycles. The molecule has 0 aromatic heterocycles. The number of benzene rings is 1. The smallest absolute Gasteiger partial charge is 0.324 e. The van der Waals surface area contributed by atoms with E-state index < -0.39 is 34.0 Å². The van der Waals surface area contributed by atoms with Gasteiger partial charge < -0.3 is 14.8 Å². The molecule has 0 unspecified atom stereocenters. The molecule has 2 N–H and O–H groups in total. The SMILES string of the molecule is CCNC(=O)[C@H](C)OC(=O)[C@@H](CC(C)C)NS(=O)(=O)c1ccc(OC)cc1. The topological polar surface area (TPSA) is 111 Å². The normalized spacial score (nSPS) is 13.7. The Kier molecular flexibility index (Phi) is 8.71. The maximum Gasteiger partial charge on any atom is 0.324 e. The second kappa shape index (κ2) is 10.3. The van der Waals surface area contributed by atoms with Gasteiger partial charge in [0, 0.05) is 6.54 Å². The van der Waals surface area contributed by atoms with Crippen molar-refractivity contribution in [1.82, 2.24) is 10.0 Å². The molecule has 0 saturated carbocycles. The summed E-state index contributed by atoms with van der Waals surface area (Å²) in [5.74, 6) is -0.685. The van der Waals surface area contributed by atoms with Gasteiger partial charge >= 0.3 is 5.97 Å². The first-order valence-corrected chi connectivity index (χ1v) is 10.2. The third kappa shape index (κ3) is 7.18. The summed E-state index contributed by atoms with van der Waals surface area (Å²) in [4.78, 5) is 24.2. The Hall–Kier alpha value is -2.13. The van der Waals surface area contributed by atoms with Gasteiger partial charge in [-0.3, -0.25) is 9.59 Å². The average Bonchev–Trinajstić information content (AvgIpc) is 2.60. The van der Waals surface area contributed by atoms with Crippen molar-refractivity contribution in [2.75, 3.05) is 13.7 Å². The molecule has 1 aromatic carbocycles. The highest BCUT2D eigenvalue weighted by atomic mass is 32.2. The molecule has 0 aliphatic rings. The Labute approximate surface area is 160 Å². The van der Waals surface area contributed by atoms with Crippen molar-refractivity contribution in [2.45, 2.75) is 51.2 Å². The van der Waals surface area contributed by atoms with Crippen LogP contribution in [0.2, 0.25) is 0 Å². The Morgan fingerprint density at radius 3 is 2.19 bits per heavy atom. The summed E-state index contributed by atoms with van der Waals surface area (Å²) in [7, 11) is -2.47. The molecule has 9 heteroatoms. The van der Waals surface area contributed by atoms with Crippen LogP contribution in [0, 0.1) is 5.92 Å². The highest BCUT2D eigenvalue weighted by Crippen LogP contribution is 2.17. The number of likely N-dealkylation sites (N-methyl/N-ethyl adjacent to an activating group) is 1. The number of rotatable bonds is 10. The molecule has 0 aliphatic carbocycles. The minimum absolute atomic E-state index is 0.00151. The second-order valence-electron chi connectivity index (χ2n) is 6.45. The zero-order valence-electron chi connectivity index (χ0n) is 16.3. The monoisotopic (exact) mass is 400 g/mol. The van der Waals surface area contributed by atoms with Crippen molar-refractivity contribution in [3.05, 3.63) is 24.3 Å². The molecular formula is C18H28N2O6S. The largest absolute Gasteiger partial charge is 0.497 e. The molecule has 0 bridgehead atoms. The van der Waals surface area contributed by atoms with Gasteiger partial charge in [0.15, 0.2) is 6.10 Å². The number of amides is 1. The van der Waals surface area contributed by atoms with Crippen molar-refractivity contribution in [3.63, 3.8) is 0 Å². The zero-order chi connectivity index (χ0) is 20.6. The van der Waals surface area contributed by atoms with Gasteiger partial charge in [-0.2, -0.15) is 4.72 Å². The Morgan fingerprint density at radius 2 is 1.70 bits per heavy atom. The minimum atomic E-state index is -3.95. The van der Waals surface area contributed by atoms with E-state index in [0.29, 0.717) is 12.3 Å². The molecule has 2 atom stereocenters. The molecule has 0 fully saturated rings. The number of carbonyl (C=O) groups is 2. The lowest BCUT2D eigenvalue weighted by molar-refractivity contribution is -0.156. The zero-order valence-corrected chi connectivity index (χ0v) is 17.1. The number of sulfonamides is 1. The summed E-state index contributed by atoms with van der Waals surface area (Å²) in [6.45, 7) is 7.30. The van der Waals surface area contributed by atoms with Gasteiger partial charge in [-0.15, -0.1) is 0 Å². The highest BCUT2D eigenvalue weighted by Gasteiger charge is 2.30. The van der Waals surface area contributed by atoms with Gasteiger partial charge in [0.05, 0.1) is 12.0 Å². The number of methoxy groups -OCH3 is 1. The number of nitrogens with one attached hydrogen (secondary N) is 2. The van der Waals surface area contributed by atoms with Crippen molar-refractivity contribution in [3.8, 4) is 5.75 Å². The van der Waals surface area contributed by atoms with Gasteiger partial charge in [-0.05, 0) is 50.5 Å². The molecule has 0 aliphatic heterocycles. The lowest BCUT2D eigenvalue weighted by Gasteiger charge is -2.21. The number of ether oxygens (including phenoxy) is 2. The molecule has 8 nitrogen and oxygen atoms in total. The third-order valence-corrected chi connectivity index (χ3v) is 5.16. The summed E-state index contributed by atoms with van der Waals surface area (Å²) in [5.41, 5.74) is 0. The van der Waals surface area contributed by atoms with Gasteiger partial charge in [0.25, 0.3) is 5.91 Å². The van der Waals surface area contributed by atoms with Gasteiger partial charge in [-0.25, -0.2) is 8.42 Å². The average molecular weight is 400 g/mol. The van der Waals surface area contributed by atoms with Crippen LogP contribution in [-0.2, 0) is 24.3 Å². The van der Waals surface area contributed by atoms with Gasteiger partial charge in [-0.1, -0.05) is 13.8 Å².